The Morgan fingerprint density at radius 2 is 1.86 bits per heavy atom. The number of benzene rings is 2. The Morgan fingerprint density at radius 3 is 2.73 bits per heavy atom. The van der Waals surface area contributed by atoms with E-state index in [9.17, 15) is 0 Å². The Balaban J connectivity index is 1.76. The molecular formula is C17H16N4S. The molecule has 0 spiro atoms. The minimum absolute atomic E-state index is 0.322. The molecule has 5 heteroatoms. The number of hydrogen-bond acceptors (Lipinski definition) is 4. The molecular weight excluding hydrogens is 292 g/mol. The SMILES string of the molecule is CC(C)c1nnc2sc(Cc3cccc4ccccc34)nn12. The second-order valence-corrected chi connectivity index (χ2v) is 6.76. The van der Waals surface area contributed by atoms with Crippen LogP contribution in [-0.4, -0.2) is 19.8 Å². The molecule has 22 heavy (non-hydrogen) atoms. The molecule has 4 nitrogen and oxygen atoms in total. The number of fused-ring (bicyclic) bond motifs is 2. The summed E-state index contributed by atoms with van der Waals surface area (Å²) in [6.45, 7) is 4.22. The van der Waals surface area contributed by atoms with Crippen molar-refractivity contribution in [1.82, 2.24) is 19.8 Å². The van der Waals surface area contributed by atoms with Gasteiger partial charge in [0.1, 0.15) is 5.01 Å². The van der Waals surface area contributed by atoms with E-state index in [2.05, 4.69) is 66.5 Å². The highest BCUT2D eigenvalue weighted by Crippen LogP contribution is 2.24. The Hall–Kier alpha value is -2.27. The van der Waals surface area contributed by atoms with Crippen molar-refractivity contribution in [2.24, 2.45) is 0 Å². The van der Waals surface area contributed by atoms with Gasteiger partial charge in [-0.3, -0.25) is 0 Å². The quantitative estimate of drug-likeness (QED) is 0.573. The smallest absolute Gasteiger partial charge is 0.187 e. The van der Waals surface area contributed by atoms with Crippen LogP contribution in [-0.2, 0) is 6.42 Å². The maximum absolute atomic E-state index is 4.71. The van der Waals surface area contributed by atoms with E-state index >= 15 is 0 Å². The van der Waals surface area contributed by atoms with Gasteiger partial charge in [-0.15, -0.1) is 10.2 Å². The van der Waals surface area contributed by atoms with Crippen LogP contribution in [0.2, 0.25) is 0 Å². The average Bonchev–Trinajstić information content (AvgIpc) is 3.07. The van der Waals surface area contributed by atoms with Crippen LogP contribution >= 0.6 is 11.3 Å². The van der Waals surface area contributed by atoms with Gasteiger partial charge in [0.25, 0.3) is 0 Å². The Morgan fingerprint density at radius 1 is 1.05 bits per heavy atom. The predicted octanol–water partition coefficient (Wildman–Crippen LogP) is 4.05. The molecule has 0 unspecified atom stereocenters. The van der Waals surface area contributed by atoms with Crippen molar-refractivity contribution in [3.8, 4) is 0 Å². The van der Waals surface area contributed by atoms with Crippen LogP contribution in [0.15, 0.2) is 42.5 Å². The first-order valence-electron chi connectivity index (χ1n) is 7.40. The highest BCUT2D eigenvalue weighted by Gasteiger charge is 2.14. The van der Waals surface area contributed by atoms with Crippen LogP contribution in [0.5, 0.6) is 0 Å². The van der Waals surface area contributed by atoms with Crippen LogP contribution in [0.25, 0.3) is 15.7 Å². The van der Waals surface area contributed by atoms with Gasteiger partial charge in [0, 0.05) is 12.3 Å². The zero-order chi connectivity index (χ0) is 15.1. The van der Waals surface area contributed by atoms with Gasteiger partial charge in [0.2, 0.25) is 4.96 Å². The highest BCUT2D eigenvalue weighted by molar-refractivity contribution is 7.16. The molecule has 110 valence electrons. The van der Waals surface area contributed by atoms with E-state index in [0.717, 1.165) is 22.2 Å². The first-order valence-corrected chi connectivity index (χ1v) is 8.21. The van der Waals surface area contributed by atoms with Crippen LogP contribution in [0.1, 0.15) is 36.2 Å². The number of hydrogen-bond donors (Lipinski definition) is 0. The maximum atomic E-state index is 4.71. The lowest BCUT2D eigenvalue weighted by molar-refractivity contribution is 0.719. The third-order valence-electron chi connectivity index (χ3n) is 3.79. The van der Waals surface area contributed by atoms with Gasteiger partial charge in [-0.05, 0) is 16.3 Å². The summed E-state index contributed by atoms with van der Waals surface area (Å²) in [4.78, 5) is 0.874. The summed E-state index contributed by atoms with van der Waals surface area (Å²) in [6, 6.07) is 14.9. The predicted molar refractivity (Wildman–Crippen MR) is 89.5 cm³/mol. The fraction of sp³-hybridized carbons (Fsp3) is 0.235. The van der Waals surface area contributed by atoms with Crippen LogP contribution in [0.4, 0.5) is 0 Å². The Kier molecular flexibility index (Phi) is 3.15. The minimum Gasteiger partial charge on any atom is -0.187 e. The van der Waals surface area contributed by atoms with Crippen LogP contribution < -0.4 is 0 Å². The first-order chi connectivity index (χ1) is 10.7. The zero-order valence-electron chi connectivity index (χ0n) is 12.5. The monoisotopic (exact) mass is 308 g/mol. The molecule has 0 radical (unpaired) electrons. The minimum atomic E-state index is 0.322. The molecule has 0 N–H and O–H groups in total. The van der Waals surface area contributed by atoms with E-state index in [4.69, 9.17) is 5.10 Å². The van der Waals surface area contributed by atoms with Crippen molar-refractivity contribution >= 4 is 27.1 Å². The molecule has 2 aromatic carbocycles. The third kappa shape index (κ3) is 2.18. The molecule has 0 amide bonds. The molecule has 4 rings (SSSR count). The second kappa shape index (κ2) is 5.18. The van der Waals surface area contributed by atoms with E-state index in [1.807, 2.05) is 4.52 Å². The van der Waals surface area contributed by atoms with Crippen molar-refractivity contribution in [1.29, 1.82) is 0 Å². The second-order valence-electron chi connectivity index (χ2n) is 5.72. The van der Waals surface area contributed by atoms with Crippen molar-refractivity contribution in [3.05, 3.63) is 58.9 Å². The summed E-state index contributed by atoms with van der Waals surface area (Å²) < 4.78 is 1.88. The molecule has 4 aromatic rings. The fourth-order valence-electron chi connectivity index (χ4n) is 2.71. The fourth-order valence-corrected chi connectivity index (χ4v) is 3.58. The lowest BCUT2D eigenvalue weighted by Crippen LogP contribution is -1.99. The molecule has 0 saturated carbocycles. The molecule has 0 aliphatic rings. The molecule has 0 aliphatic carbocycles. The lowest BCUT2D eigenvalue weighted by atomic mass is 10.0. The summed E-state index contributed by atoms with van der Waals surface area (Å²) >= 11 is 1.62. The van der Waals surface area contributed by atoms with Crippen LogP contribution in [0.3, 0.4) is 0 Å². The maximum Gasteiger partial charge on any atom is 0.234 e. The van der Waals surface area contributed by atoms with Gasteiger partial charge in [0.15, 0.2) is 5.82 Å². The normalized spacial score (nSPS) is 11.8. The van der Waals surface area contributed by atoms with Gasteiger partial charge >= 0.3 is 0 Å². The number of rotatable bonds is 3. The summed E-state index contributed by atoms with van der Waals surface area (Å²) in [5.74, 6) is 1.25. The third-order valence-corrected chi connectivity index (χ3v) is 4.69. The molecule has 0 saturated heterocycles. The highest BCUT2D eigenvalue weighted by atomic mass is 32.1. The van der Waals surface area contributed by atoms with Gasteiger partial charge in [0.05, 0.1) is 0 Å². The van der Waals surface area contributed by atoms with Gasteiger partial charge < -0.3 is 0 Å². The Bertz CT molecular complexity index is 946. The molecule has 0 fully saturated rings. The standard InChI is InChI=1S/C17H16N4S/c1-11(2)16-18-19-17-21(16)20-15(22-17)10-13-8-5-7-12-6-3-4-9-14(12)13/h3-9,11H,10H2,1-2H3. The molecule has 0 aliphatic heterocycles. The van der Waals surface area contributed by atoms with E-state index in [1.54, 1.807) is 11.3 Å². The van der Waals surface area contributed by atoms with Crippen LogP contribution in [0, 0.1) is 0 Å². The number of aromatic nitrogens is 4. The van der Waals surface area contributed by atoms with Gasteiger partial charge in [-0.25, -0.2) is 0 Å². The lowest BCUT2D eigenvalue weighted by Gasteiger charge is -2.04. The van der Waals surface area contributed by atoms with E-state index in [0.29, 0.717) is 5.92 Å². The zero-order valence-corrected chi connectivity index (χ0v) is 13.3. The molecule has 2 aromatic heterocycles. The van der Waals surface area contributed by atoms with E-state index < -0.39 is 0 Å². The summed E-state index contributed by atoms with van der Waals surface area (Å²) in [5, 5.41) is 16.8. The van der Waals surface area contributed by atoms with E-state index in [1.165, 1.54) is 16.3 Å². The van der Waals surface area contributed by atoms with Gasteiger partial charge in [-0.2, -0.15) is 9.61 Å². The molecule has 0 atom stereocenters. The van der Waals surface area contributed by atoms with Crippen molar-refractivity contribution < 1.29 is 0 Å². The first kappa shape index (κ1) is 13.4. The molecule has 2 heterocycles. The average molecular weight is 308 g/mol. The van der Waals surface area contributed by atoms with Crippen molar-refractivity contribution in [3.63, 3.8) is 0 Å². The molecule has 0 bridgehead atoms. The van der Waals surface area contributed by atoms with Crippen molar-refractivity contribution in [2.45, 2.75) is 26.2 Å². The topological polar surface area (TPSA) is 43.1 Å². The summed E-state index contributed by atoms with van der Waals surface area (Å²) in [5.41, 5.74) is 1.30. The summed E-state index contributed by atoms with van der Waals surface area (Å²) in [7, 11) is 0. The van der Waals surface area contributed by atoms with Gasteiger partial charge in [-0.1, -0.05) is 67.6 Å². The largest absolute Gasteiger partial charge is 0.234 e. The number of nitrogens with zero attached hydrogens (tertiary/aromatic N) is 4. The van der Waals surface area contributed by atoms with Crippen molar-refractivity contribution in [2.75, 3.05) is 0 Å². The van der Waals surface area contributed by atoms with E-state index in [-0.39, 0.29) is 0 Å². The Labute approximate surface area is 132 Å². The summed E-state index contributed by atoms with van der Waals surface area (Å²) in [6.07, 6.45) is 0.826.